The third-order valence-electron chi connectivity index (χ3n) is 6.00. The molecule has 0 fully saturated rings. The van der Waals surface area contributed by atoms with E-state index >= 15 is 0 Å². The molecule has 126 valence electrons. The maximum absolute atomic E-state index is 2.33. The van der Waals surface area contributed by atoms with E-state index in [9.17, 15) is 0 Å². The number of aryl methyl sites for hydroxylation is 2. The summed E-state index contributed by atoms with van der Waals surface area (Å²) in [5.41, 5.74) is 8.18. The van der Waals surface area contributed by atoms with Crippen molar-refractivity contribution in [3.05, 3.63) is 118 Å². The maximum atomic E-state index is 2.33. The van der Waals surface area contributed by atoms with Crippen molar-refractivity contribution >= 4 is 10.8 Å². The lowest BCUT2D eigenvalue weighted by Crippen LogP contribution is -2.28. The molecule has 0 radical (unpaired) electrons. The van der Waals surface area contributed by atoms with Gasteiger partial charge in [-0.25, -0.2) is 0 Å². The molecule has 0 heteroatoms. The van der Waals surface area contributed by atoms with E-state index in [1.165, 1.54) is 44.2 Å². The van der Waals surface area contributed by atoms with Crippen LogP contribution in [0.3, 0.4) is 0 Å². The number of benzene rings is 4. The van der Waals surface area contributed by atoms with E-state index < -0.39 is 0 Å². The number of hydrogen-bond donors (Lipinski definition) is 0. The van der Waals surface area contributed by atoms with Gasteiger partial charge in [-0.05, 0) is 53.3 Å². The van der Waals surface area contributed by atoms with E-state index in [2.05, 4.69) is 98.8 Å². The van der Waals surface area contributed by atoms with Crippen LogP contribution in [0.15, 0.2) is 84.9 Å². The fourth-order valence-corrected chi connectivity index (χ4v) is 4.66. The summed E-state index contributed by atoms with van der Waals surface area (Å²) in [5, 5.41) is 2.79. The minimum Gasteiger partial charge on any atom is -0.0614 e. The normalized spacial score (nSPS) is 14.7. The molecule has 5 rings (SSSR count). The molecule has 0 spiro atoms. The minimum absolute atomic E-state index is 0.107. The Morgan fingerprint density at radius 3 is 1.73 bits per heavy atom. The lowest BCUT2D eigenvalue weighted by Gasteiger charge is -2.32. The molecule has 0 aliphatic heterocycles. The topological polar surface area (TPSA) is 0 Å². The van der Waals surface area contributed by atoms with E-state index in [0.29, 0.717) is 0 Å². The zero-order valence-corrected chi connectivity index (χ0v) is 15.3. The van der Waals surface area contributed by atoms with Crippen LogP contribution >= 0.6 is 0 Å². The highest BCUT2D eigenvalue weighted by molar-refractivity contribution is 5.94. The van der Waals surface area contributed by atoms with Crippen LogP contribution in [0.5, 0.6) is 0 Å². The van der Waals surface area contributed by atoms with Gasteiger partial charge in [0.2, 0.25) is 0 Å². The standard InChI is InChI=1S/C26H22/c1-18-9-13-22(14-10-18)26(23-15-11-19(2)12-16-23)17-21-7-3-5-20-6-4-8-24(26)25(20)21/h3-16H,17H2,1-2H3. The molecule has 1 aliphatic carbocycles. The molecule has 0 amide bonds. The zero-order valence-electron chi connectivity index (χ0n) is 15.3. The van der Waals surface area contributed by atoms with E-state index in [-0.39, 0.29) is 5.41 Å². The lowest BCUT2D eigenvalue weighted by molar-refractivity contribution is 0.641. The Bertz CT molecular complexity index is 1050. The molecule has 1 aliphatic rings. The van der Waals surface area contributed by atoms with Gasteiger partial charge in [-0.3, -0.25) is 0 Å². The predicted molar refractivity (Wildman–Crippen MR) is 110 cm³/mol. The first-order chi connectivity index (χ1) is 12.7. The summed E-state index contributed by atoms with van der Waals surface area (Å²) in [6.07, 6.45) is 1.02. The fraction of sp³-hybridized carbons (Fsp3) is 0.154. The van der Waals surface area contributed by atoms with Crippen LogP contribution in [0.2, 0.25) is 0 Å². The molecule has 0 saturated heterocycles. The second kappa shape index (κ2) is 5.57. The highest BCUT2D eigenvalue weighted by atomic mass is 14.4. The molecule has 0 heterocycles. The van der Waals surface area contributed by atoms with Gasteiger partial charge in [0.1, 0.15) is 0 Å². The van der Waals surface area contributed by atoms with E-state index in [1.807, 2.05) is 0 Å². The van der Waals surface area contributed by atoms with Crippen molar-refractivity contribution in [3.8, 4) is 0 Å². The molecule has 0 aromatic heterocycles. The van der Waals surface area contributed by atoms with Gasteiger partial charge < -0.3 is 0 Å². The van der Waals surface area contributed by atoms with Gasteiger partial charge in [-0.2, -0.15) is 0 Å². The average Bonchev–Trinajstić information content (AvgIpc) is 3.01. The molecule has 26 heavy (non-hydrogen) atoms. The number of rotatable bonds is 2. The van der Waals surface area contributed by atoms with Crippen LogP contribution in [0.1, 0.15) is 33.4 Å². The van der Waals surface area contributed by atoms with Crippen LogP contribution in [0.4, 0.5) is 0 Å². The summed E-state index contributed by atoms with van der Waals surface area (Å²) in [5.74, 6) is 0. The molecule has 0 saturated carbocycles. The van der Waals surface area contributed by atoms with Gasteiger partial charge >= 0.3 is 0 Å². The van der Waals surface area contributed by atoms with Crippen LogP contribution < -0.4 is 0 Å². The van der Waals surface area contributed by atoms with Gasteiger partial charge in [0.15, 0.2) is 0 Å². The molecule has 4 aromatic carbocycles. The Morgan fingerprint density at radius 1 is 0.615 bits per heavy atom. The van der Waals surface area contributed by atoms with Crippen LogP contribution in [0.25, 0.3) is 10.8 Å². The molecule has 4 aromatic rings. The largest absolute Gasteiger partial charge is 0.0614 e. The van der Waals surface area contributed by atoms with E-state index in [0.717, 1.165) is 6.42 Å². The minimum atomic E-state index is -0.107. The smallest absolute Gasteiger partial charge is 0.0497 e. The summed E-state index contributed by atoms with van der Waals surface area (Å²) < 4.78 is 0. The van der Waals surface area contributed by atoms with Crippen molar-refractivity contribution in [2.45, 2.75) is 25.7 Å². The highest BCUT2D eigenvalue weighted by Gasteiger charge is 2.42. The highest BCUT2D eigenvalue weighted by Crippen LogP contribution is 2.50. The van der Waals surface area contributed by atoms with Gasteiger partial charge in [0.05, 0.1) is 0 Å². The molecular weight excluding hydrogens is 312 g/mol. The summed E-state index contributed by atoms with van der Waals surface area (Å²) in [6, 6.07) is 31.8. The molecule has 0 N–H and O–H groups in total. The van der Waals surface area contributed by atoms with Gasteiger partial charge in [0.25, 0.3) is 0 Å². The summed E-state index contributed by atoms with van der Waals surface area (Å²) in [6.45, 7) is 4.32. The molecular formula is C26H22. The Hall–Kier alpha value is -2.86. The Morgan fingerprint density at radius 2 is 1.15 bits per heavy atom. The maximum Gasteiger partial charge on any atom is 0.0497 e. The lowest BCUT2D eigenvalue weighted by atomic mass is 9.69. The van der Waals surface area contributed by atoms with Crippen molar-refractivity contribution in [2.24, 2.45) is 0 Å². The molecule has 0 unspecified atom stereocenters. The quantitative estimate of drug-likeness (QED) is 0.401. The molecule has 0 atom stereocenters. The van der Waals surface area contributed by atoms with Gasteiger partial charge in [-0.15, -0.1) is 0 Å². The third-order valence-corrected chi connectivity index (χ3v) is 6.00. The van der Waals surface area contributed by atoms with Crippen molar-refractivity contribution in [1.29, 1.82) is 0 Å². The Labute approximate surface area is 155 Å². The monoisotopic (exact) mass is 334 g/mol. The third kappa shape index (κ3) is 2.08. The Balaban J connectivity index is 1.87. The van der Waals surface area contributed by atoms with Crippen molar-refractivity contribution in [3.63, 3.8) is 0 Å². The van der Waals surface area contributed by atoms with Gasteiger partial charge in [-0.1, -0.05) is 96.1 Å². The first-order valence-electron chi connectivity index (χ1n) is 9.34. The Kier molecular flexibility index (Phi) is 3.30. The van der Waals surface area contributed by atoms with E-state index in [1.54, 1.807) is 0 Å². The number of hydrogen-bond acceptors (Lipinski definition) is 0. The van der Waals surface area contributed by atoms with Crippen LogP contribution in [-0.2, 0) is 11.8 Å². The summed E-state index contributed by atoms with van der Waals surface area (Å²) in [7, 11) is 0. The van der Waals surface area contributed by atoms with Crippen LogP contribution in [-0.4, -0.2) is 0 Å². The second-order valence-corrected chi connectivity index (χ2v) is 7.63. The van der Waals surface area contributed by atoms with Gasteiger partial charge in [0, 0.05) is 5.41 Å². The predicted octanol–water partition coefficient (Wildman–Crippen LogP) is 6.35. The first-order valence-corrected chi connectivity index (χ1v) is 9.34. The van der Waals surface area contributed by atoms with Crippen molar-refractivity contribution in [2.75, 3.05) is 0 Å². The first kappa shape index (κ1) is 15.4. The average molecular weight is 334 g/mol. The van der Waals surface area contributed by atoms with Crippen molar-refractivity contribution < 1.29 is 0 Å². The molecule has 0 nitrogen and oxygen atoms in total. The second-order valence-electron chi connectivity index (χ2n) is 7.63. The van der Waals surface area contributed by atoms with E-state index in [4.69, 9.17) is 0 Å². The SMILES string of the molecule is Cc1ccc(C2(c3ccc(C)cc3)Cc3cccc4cccc2c34)cc1. The summed E-state index contributed by atoms with van der Waals surface area (Å²) in [4.78, 5) is 0. The van der Waals surface area contributed by atoms with Crippen molar-refractivity contribution in [1.82, 2.24) is 0 Å². The zero-order chi connectivity index (χ0) is 17.7. The molecule has 0 bridgehead atoms. The van der Waals surface area contributed by atoms with Crippen LogP contribution in [0, 0.1) is 13.8 Å². The fourth-order valence-electron chi connectivity index (χ4n) is 4.66. The summed E-state index contributed by atoms with van der Waals surface area (Å²) >= 11 is 0.